The molecule has 1 amide bonds. The summed E-state index contributed by atoms with van der Waals surface area (Å²) in [6, 6.07) is -0.997. The quantitative estimate of drug-likeness (QED) is 0.0199. The molecular weight excluding hydrogens is 1350 g/mol. The Bertz CT molecular complexity index is 2050. The van der Waals surface area contributed by atoms with E-state index in [0.29, 0.717) is 12.8 Å². The Morgan fingerprint density at radius 2 is 0.604 bits per heavy atom. The molecule has 0 aromatic heterocycles. The van der Waals surface area contributed by atoms with Gasteiger partial charge in [0.2, 0.25) is 5.91 Å². The summed E-state index contributed by atoms with van der Waals surface area (Å²) in [6.07, 6.45) is 58.8. The minimum absolute atomic E-state index is 0.237. The van der Waals surface area contributed by atoms with Gasteiger partial charge in [-0.1, -0.05) is 365 Å². The maximum absolute atomic E-state index is 13.5. The summed E-state index contributed by atoms with van der Waals surface area (Å²) in [5.74, 6) is -0.281. The molecule has 0 aromatic rings. The summed E-state index contributed by atoms with van der Waals surface area (Å²) in [6.45, 7) is 1.78. The van der Waals surface area contributed by atoms with Gasteiger partial charge in [-0.05, 0) is 44.9 Å². The first-order chi connectivity index (χ1) is 51.8. The molecule has 17 atom stereocenters. The van der Waals surface area contributed by atoms with Gasteiger partial charge in [-0.15, -0.1) is 0 Å². The van der Waals surface area contributed by atoms with Gasteiger partial charge in [0.25, 0.3) is 0 Å². The molecule has 0 aromatic carbocycles. The average Bonchev–Trinajstić information content (AvgIpc) is 0.781. The molecule has 3 aliphatic rings. The standard InChI is InChI=1S/C87H163NO18/c1-3-5-7-9-11-13-15-17-19-21-23-25-27-29-31-32-33-34-35-36-37-39-41-43-45-47-49-51-53-55-57-59-61-63-65-75(93)88-70(71(92)64-62-60-58-56-54-52-50-48-46-44-42-40-38-30-28-26-24-22-20-18-16-14-12-10-8-6-4-2)69-101-85-81(99)78(96)83(73(67-90)103-85)106-87-82(100)79(97)84(74(68-91)104-87)105-86-80(98)77(95)76(94)72(66-89)102-86/h46,48,54,56,62,64,70-74,76-87,89-92,94-100H,3-45,47,49-53,55,57-61,63,65-69H2,1-2H3,(H,88,93)/b48-46+,56-54+,64-62+. The van der Waals surface area contributed by atoms with E-state index in [1.54, 1.807) is 6.08 Å². The van der Waals surface area contributed by atoms with Gasteiger partial charge in [-0.2, -0.15) is 0 Å². The van der Waals surface area contributed by atoms with E-state index in [9.17, 15) is 61.0 Å². The summed E-state index contributed by atoms with van der Waals surface area (Å²) in [4.78, 5) is 13.5. The highest BCUT2D eigenvalue weighted by molar-refractivity contribution is 5.76. The maximum atomic E-state index is 13.5. The van der Waals surface area contributed by atoms with Gasteiger partial charge in [0, 0.05) is 6.42 Å². The second kappa shape index (κ2) is 67.5. The highest BCUT2D eigenvalue weighted by Crippen LogP contribution is 2.34. The van der Waals surface area contributed by atoms with E-state index >= 15 is 0 Å². The predicted molar refractivity (Wildman–Crippen MR) is 425 cm³/mol. The average molecular weight is 1510 g/mol. The first-order valence-electron chi connectivity index (χ1n) is 44.2. The minimum Gasteiger partial charge on any atom is -0.394 e. The van der Waals surface area contributed by atoms with Crippen molar-refractivity contribution >= 4 is 5.91 Å². The van der Waals surface area contributed by atoms with Crippen molar-refractivity contribution in [3.05, 3.63) is 36.5 Å². The molecule has 3 fully saturated rings. The number of nitrogens with one attached hydrogen (secondary N) is 1. The highest BCUT2D eigenvalue weighted by Gasteiger charge is 2.54. The van der Waals surface area contributed by atoms with Gasteiger partial charge < -0.3 is 89.9 Å². The molecule has 0 saturated carbocycles. The first-order valence-corrected chi connectivity index (χ1v) is 44.2. The fraction of sp³-hybridized carbons (Fsp3) is 0.920. The number of aliphatic hydroxyl groups excluding tert-OH is 11. The molecule has 3 rings (SSSR count). The number of allylic oxidation sites excluding steroid dienone is 5. The van der Waals surface area contributed by atoms with Crippen LogP contribution in [0.2, 0.25) is 0 Å². The number of hydrogen-bond donors (Lipinski definition) is 12. The predicted octanol–water partition coefficient (Wildman–Crippen LogP) is 16.2. The van der Waals surface area contributed by atoms with Crippen LogP contribution in [0.4, 0.5) is 0 Å². The molecule has 3 aliphatic heterocycles. The second-order valence-corrected chi connectivity index (χ2v) is 31.7. The van der Waals surface area contributed by atoms with Gasteiger partial charge in [-0.3, -0.25) is 4.79 Å². The SMILES string of the molecule is CCCCCCCCCCCCCCCCCCC/C=C/CC/C=C/CC/C=C/C(O)C(COC1OC(CO)C(OC2OC(CO)C(OC3OC(CO)C(O)C(O)C3O)C(O)C2O)C(O)C1O)NC(=O)CCCCCCCCCCCCCCCCCCCCCCCCCCCCCCCCCCCC. The van der Waals surface area contributed by atoms with Crippen molar-refractivity contribution in [1.82, 2.24) is 5.32 Å². The molecule has 3 saturated heterocycles. The summed E-state index contributed by atoms with van der Waals surface area (Å²) >= 11 is 0. The normalized spacial score (nSPS) is 25.8. The Labute approximate surface area is 644 Å². The lowest BCUT2D eigenvalue weighted by Gasteiger charge is -2.48. The number of carbonyl (C=O) groups is 1. The monoisotopic (exact) mass is 1510 g/mol. The molecular formula is C87H163NO18. The van der Waals surface area contributed by atoms with E-state index in [2.05, 4.69) is 43.5 Å². The molecule has 106 heavy (non-hydrogen) atoms. The van der Waals surface area contributed by atoms with Crippen LogP contribution in [0.25, 0.3) is 0 Å². The number of hydrogen-bond acceptors (Lipinski definition) is 18. The zero-order valence-electron chi connectivity index (χ0n) is 67.2. The Balaban J connectivity index is 1.34. The van der Waals surface area contributed by atoms with Crippen LogP contribution in [0.5, 0.6) is 0 Å². The van der Waals surface area contributed by atoms with Crippen molar-refractivity contribution in [2.75, 3.05) is 26.4 Å². The van der Waals surface area contributed by atoms with Crippen molar-refractivity contribution in [2.24, 2.45) is 0 Å². The second-order valence-electron chi connectivity index (χ2n) is 31.7. The molecule has 17 unspecified atom stereocenters. The molecule has 0 spiro atoms. The van der Waals surface area contributed by atoms with Gasteiger partial charge >= 0.3 is 0 Å². The van der Waals surface area contributed by atoms with Gasteiger partial charge in [0.15, 0.2) is 18.9 Å². The number of unbranched alkanes of at least 4 members (excludes halogenated alkanes) is 52. The van der Waals surface area contributed by atoms with E-state index in [1.165, 1.54) is 302 Å². The van der Waals surface area contributed by atoms with Crippen LogP contribution in [0.1, 0.15) is 380 Å². The van der Waals surface area contributed by atoms with E-state index in [0.717, 1.165) is 44.9 Å². The van der Waals surface area contributed by atoms with Crippen molar-refractivity contribution in [2.45, 2.75) is 484 Å². The van der Waals surface area contributed by atoms with Crippen molar-refractivity contribution in [3.63, 3.8) is 0 Å². The van der Waals surface area contributed by atoms with E-state index < -0.39 is 124 Å². The number of aliphatic hydroxyl groups is 11. The van der Waals surface area contributed by atoms with Crippen LogP contribution in [-0.4, -0.2) is 193 Å². The smallest absolute Gasteiger partial charge is 0.220 e. The molecule has 0 bridgehead atoms. The highest BCUT2D eigenvalue weighted by atomic mass is 16.8. The number of rotatable bonds is 72. The Morgan fingerprint density at radius 3 is 0.943 bits per heavy atom. The Morgan fingerprint density at radius 1 is 0.330 bits per heavy atom. The molecule has 0 aliphatic carbocycles. The number of carbonyl (C=O) groups excluding carboxylic acids is 1. The van der Waals surface area contributed by atoms with E-state index in [-0.39, 0.29) is 18.9 Å². The number of ether oxygens (including phenoxy) is 6. The van der Waals surface area contributed by atoms with Crippen LogP contribution in [-0.2, 0) is 33.2 Å². The Kier molecular flexibility index (Phi) is 62.5. The lowest BCUT2D eigenvalue weighted by molar-refractivity contribution is -0.379. The van der Waals surface area contributed by atoms with Crippen molar-refractivity contribution in [3.8, 4) is 0 Å². The Hall–Kier alpha value is -1.99. The largest absolute Gasteiger partial charge is 0.394 e. The fourth-order valence-corrected chi connectivity index (χ4v) is 15.1. The van der Waals surface area contributed by atoms with E-state index in [1.807, 2.05) is 6.08 Å². The molecule has 19 nitrogen and oxygen atoms in total. The first kappa shape index (κ1) is 98.2. The van der Waals surface area contributed by atoms with Gasteiger partial charge in [-0.25, -0.2) is 0 Å². The fourth-order valence-electron chi connectivity index (χ4n) is 15.1. The lowest BCUT2D eigenvalue weighted by Crippen LogP contribution is -2.66. The summed E-state index contributed by atoms with van der Waals surface area (Å²) < 4.78 is 34.5. The van der Waals surface area contributed by atoms with Gasteiger partial charge in [0.05, 0.1) is 38.6 Å². The van der Waals surface area contributed by atoms with Crippen LogP contribution >= 0.6 is 0 Å². The molecule has 0 radical (unpaired) electrons. The van der Waals surface area contributed by atoms with Crippen LogP contribution < -0.4 is 5.32 Å². The number of amides is 1. The molecule has 624 valence electrons. The topological polar surface area (TPSA) is 307 Å². The third-order valence-electron chi connectivity index (χ3n) is 22.2. The molecule has 12 N–H and O–H groups in total. The summed E-state index contributed by atoms with van der Waals surface area (Å²) in [7, 11) is 0. The summed E-state index contributed by atoms with van der Waals surface area (Å²) in [5, 5.41) is 121. The minimum atomic E-state index is -1.98. The van der Waals surface area contributed by atoms with Crippen molar-refractivity contribution < 1.29 is 89.4 Å². The van der Waals surface area contributed by atoms with E-state index in [4.69, 9.17) is 28.4 Å². The third-order valence-corrected chi connectivity index (χ3v) is 22.2. The van der Waals surface area contributed by atoms with Gasteiger partial charge in [0.1, 0.15) is 73.2 Å². The zero-order valence-corrected chi connectivity index (χ0v) is 67.2. The summed E-state index contributed by atoms with van der Waals surface area (Å²) in [5.41, 5.74) is 0. The molecule has 19 heteroatoms. The lowest BCUT2D eigenvalue weighted by atomic mass is 9.96. The zero-order chi connectivity index (χ0) is 76.7. The van der Waals surface area contributed by atoms with Crippen molar-refractivity contribution in [1.29, 1.82) is 0 Å². The van der Waals surface area contributed by atoms with Crippen LogP contribution in [0.3, 0.4) is 0 Å². The maximum Gasteiger partial charge on any atom is 0.220 e. The van der Waals surface area contributed by atoms with Crippen LogP contribution in [0.15, 0.2) is 36.5 Å². The third kappa shape index (κ3) is 46.3. The molecule has 3 heterocycles. The van der Waals surface area contributed by atoms with Crippen LogP contribution in [0, 0.1) is 0 Å².